The molecule has 1 aliphatic heterocycles. The maximum absolute atomic E-state index is 13.1. The molecule has 4 aromatic carbocycles. The average Bonchev–Trinajstić information content (AvgIpc) is 3.01. The van der Waals surface area contributed by atoms with Gasteiger partial charge < -0.3 is 24.8 Å². The molecule has 1 amide bonds. The van der Waals surface area contributed by atoms with Crippen LogP contribution in [-0.2, 0) is 0 Å². The van der Waals surface area contributed by atoms with E-state index >= 15 is 0 Å². The van der Waals surface area contributed by atoms with E-state index in [1.165, 1.54) is 6.07 Å². The highest BCUT2D eigenvalue weighted by molar-refractivity contribution is 6.05. The molecule has 1 heterocycles. The molecule has 0 spiro atoms. The van der Waals surface area contributed by atoms with Crippen molar-refractivity contribution in [1.29, 1.82) is 0 Å². The highest BCUT2D eigenvalue weighted by atomic mass is 16.6. The predicted molar refractivity (Wildman–Crippen MR) is 158 cm³/mol. The third-order valence-corrected chi connectivity index (χ3v) is 7.05. The van der Waals surface area contributed by atoms with E-state index in [4.69, 9.17) is 14.2 Å². The Kier molecular flexibility index (Phi) is 8.45. The standard InChI is InChI=1S/C32H31N3O6/c1-39-26-5-3-4-22(18-26)29-19-23(8-13-31(29)40-2)32(36)34-24-9-6-21(7-10-24)28-12-11-27(20-30(28)35(37)38)41-25-14-16-33-17-15-25/h3-13,18-20,25,33H,14-17H2,1-2H3,(H,34,36). The molecule has 0 radical (unpaired) electrons. The minimum Gasteiger partial charge on any atom is -0.497 e. The number of carbonyl (C=O) groups excluding carboxylic acids is 1. The molecular weight excluding hydrogens is 522 g/mol. The first-order chi connectivity index (χ1) is 19.9. The van der Waals surface area contributed by atoms with Crippen LogP contribution in [0.25, 0.3) is 22.3 Å². The lowest BCUT2D eigenvalue weighted by Crippen LogP contribution is -2.34. The van der Waals surface area contributed by atoms with Crippen LogP contribution >= 0.6 is 0 Å². The molecule has 0 saturated carbocycles. The van der Waals surface area contributed by atoms with Gasteiger partial charge in [0.05, 0.1) is 30.8 Å². The lowest BCUT2D eigenvalue weighted by atomic mass is 10.0. The second kappa shape index (κ2) is 12.5. The van der Waals surface area contributed by atoms with Crippen LogP contribution < -0.4 is 24.8 Å². The zero-order valence-electron chi connectivity index (χ0n) is 22.9. The number of nitrogens with one attached hydrogen (secondary N) is 2. The van der Waals surface area contributed by atoms with Gasteiger partial charge in [-0.15, -0.1) is 0 Å². The van der Waals surface area contributed by atoms with E-state index in [-0.39, 0.29) is 17.7 Å². The Morgan fingerprint density at radius 3 is 2.34 bits per heavy atom. The summed E-state index contributed by atoms with van der Waals surface area (Å²) in [5.74, 6) is 1.52. The third kappa shape index (κ3) is 6.47. The van der Waals surface area contributed by atoms with Crippen molar-refractivity contribution in [2.75, 3.05) is 32.6 Å². The third-order valence-electron chi connectivity index (χ3n) is 7.05. The molecule has 0 aromatic heterocycles. The molecule has 2 N–H and O–H groups in total. The van der Waals surface area contributed by atoms with Crippen LogP contribution in [0.15, 0.2) is 84.9 Å². The Balaban J connectivity index is 1.33. The first kappa shape index (κ1) is 27.7. The summed E-state index contributed by atoms with van der Waals surface area (Å²) >= 11 is 0. The van der Waals surface area contributed by atoms with Crippen LogP contribution in [0.2, 0.25) is 0 Å². The number of hydrogen-bond donors (Lipinski definition) is 2. The molecular formula is C32H31N3O6. The van der Waals surface area contributed by atoms with Gasteiger partial charge in [0.25, 0.3) is 11.6 Å². The fourth-order valence-electron chi connectivity index (χ4n) is 4.89. The molecule has 1 aliphatic rings. The number of carbonyl (C=O) groups is 1. The number of nitrogens with zero attached hydrogens (tertiary/aromatic N) is 1. The Bertz CT molecular complexity index is 1550. The van der Waals surface area contributed by atoms with Crippen LogP contribution in [0.5, 0.6) is 17.2 Å². The molecule has 0 aliphatic carbocycles. The van der Waals surface area contributed by atoms with Crippen molar-refractivity contribution < 1.29 is 23.9 Å². The highest BCUT2D eigenvalue weighted by Gasteiger charge is 2.20. The predicted octanol–water partition coefficient (Wildman–Crippen LogP) is 6.33. The smallest absolute Gasteiger partial charge is 0.280 e. The summed E-state index contributed by atoms with van der Waals surface area (Å²) in [5.41, 5.74) is 3.73. The van der Waals surface area contributed by atoms with Crippen molar-refractivity contribution in [3.8, 4) is 39.5 Å². The first-order valence-electron chi connectivity index (χ1n) is 13.3. The fourth-order valence-corrected chi connectivity index (χ4v) is 4.89. The van der Waals surface area contributed by atoms with Gasteiger partial charge in [-0.3, -0.25) is 14.9 Å². The van der Waals surface area contributed by atoms with Crippen molar-refractivity contribution in [2.24, 2.45) is 0 Å². The van der Waals surface area contributed by atoms with E-state index in [1.807, 2.05) is 24.3 Å². The summed E-state index contributed by atoms with van der Waals surface area (Å²) in [4.78, 5) is 24.6. The summed E-state index contributed by atoms with van der Waals surface area (Å²) in [5, 5.41) is 18.1. The second-order valence-corrected chi connectivity index (χ2v) is 9.68. The van der Waals surface area contributed by atoms with Crippen LogP contribution in [-0.4, -0.2) is 44.2 Å². The number of ether oxygens (including phenoxy) is 3. The summed E-state index contributed by atoms with van der Waals surface area (Å²) in [6.45, 7) is 1.74. The van der Waals surface area contributed by atoms with Crippen molar-refractivity contribution in [2.45, 2.75) is 18.9 Å². The van der Waals surface area contributed by atoms with Gasteiger partial charge in [-0.05, 0) is 91.7 Å². The molecule has 9 heteroatoms. The number of anilines is 1. The van der Waals surface area contributed by atoms with Crippen LogP contribution in [0, 0.1) is 10.1 Å². The zero-order valence-corrected chi connectivity index (χ0v) is 22.9. The molecule has 210 valence electrons. The SMILES string of the molecule is COc1cccc(-c2cc(C(=O)Nc3ccc(-c4ccc(OC5CCNCC5)cc4[N+](=O)[O-])cc3)ccc2OC)c1. The minimum absolute atomic E-state index is 0.0310. The van der Waals surface area contributed by atoms with Gasteiger partial charge in [-0.1, -0.05) is 24.3 Å². The molecule has 5 rings (SSSR count). The second-order valence-electron chi connectivity index (χ2n) is 9.68. The Labute approximate surface area is 238 Å². The summed E-state index contributed by atoms with van der Waals surface area (Å²) < 4.78 is 16.9. The minimum atomic E-state index is -0.399. The number of hydrogen-bond acceptors (Lipinski definition) is 7. The molecule has 1 fully saturated rings. The largest absolute Gasteiger partial charge is 0.497 e. The Hall–Kier alpha value is -4.89. The number of amides is 1. The van der Waals surface area contributed by atoms with Crippen LogP contribution in [0.1, 0.15) is 23.2 Å². The quantitative estimate of drug-likeness (QED) is 0.184. The first-order valence-corrected chi connectivity index (χ1v) is 13.3. The summed E-state index contributed by atoms with van der Waals surface area (Å²) in [6, 6.07) is 24.7. The van der Waals surface area contributed by atoms with E-state index in [0.29, 0.717) is 39.6 Å². The van der Waals surface area contributed by atoms with Gasteiger partial charge in [-0.2, -0.15) is 0 Å². The highest BCUT2D eigenvalue weighted by Crippen LogP contribution is 2.35. The number of piperidine rings is 1. The lowest BCUT2D eigenvalue weighted by molar-refractivity contribution is -0.384. The molecule has 9 nitrogen and oxygen atoms in total. The maximum Gasteiger partial charge on any atom is 0.280 e. The van der Waals surface area contributed by atoms with Crippen molar-refractivity contribution >= 4 is 17.3 Å². The Morgan fingerprint density at radius 2 is 1.63 bits per heavy atom. The number of nitro benzene ring substituents is 1. The van der Waals surface area contributed by atoms with Gasteiger partial charge >= 0.3 is 0 Å². The number of nitro groups is 1. The fraction of sp³-hybridized carbons (Fsp3) is 0.219. The summed E-state index contributed by atoms with van der Waals surface area (Å²) in [7, 11) is 3.18. The van der Waals surface area contributed by atoms with Crippen LogP contribution in [0.4, 0.5) is 11.4 Å². The zero-order chi connectivity index (χ0) is 28.8. The number of benzene rings is 4. The van der Waals surface area contributed by atoms with Crippen molar-refractivity contribution in [3.05, 3.63) is 101 Å². The van der Waals surface area contributed by atoms with E-state index in [1.54, 1.807) is 68.8 Å². The molecule has 0 bridgehead atoms. The Morgan fingerprint density at radius 1 is 0.854 bits per heavy atom. The van der Waals surface area contributed by atoms with Gasteiger partial charge in [0, 0.05) is 16.8 Å². The topological polar surface area (TPSA) is 112 Å². The van der Waals surface area contributed by atoms with E-state index in [9.17, 15) is 14.9 Å². The monoisotopic (exact) mass is 553 g/mol. The molecule has 0 unspecified atom stereocenters. The maximum atomic E-state index is 13.1. The molecule has 1 saturated heterocycles. The molecule has 0 atom stereocenters. The number of methoxy groups -OCH3 is 2. The van der Waals surface area contributed by atoms with Crippen molar-refractivity contribution in [3.63, 3.8) is 0 Å². The lowest BCUT2D eigenvalue weighted by Gasteiger charge is -2.23. The van der Waals surface area contributed by atoms with Crippen LogP contribution in [0.3, 0.4) is 0 Å². The normalized spacial score (nSPS) is 13.3. The number of rotatable bonds is 9. The summed E-state index contributed by atoms with van der Waals surface area (Å²) in [6.07, 6.45) is 1.77. The van der Waals surface area contributed by atoms with E-state index in [2.05, 4.69) is 10.6 Å². The van der Waals surface area contributed by atoms with Crippen molar-refractivity contribution in [1.82, 2.24) is 5.32 Å². The van der Waals surface area contributed by atoms with E-state index in [0.717, 1.165) is 37.1 Å². The van der Waals surface area contributed by atoms with Gasteiger partial charge in [0.2, 0.25) is 0 Å². The molecule has 4 aromatic rings. The average molecular weight is 554 g/mol. The molecule has 41 heavy (non-hydrogen) atoms. The van der Waals surface area contributed by atoms with Gasteiger partial charge in [-0.25, -0.2) is 0 Å². The van der Waals surface area contributed by atoms with E-state index < -0.39 is 4.92 Å². The van der Waals surface area contributed by atoms with Gasteiger partial charge in [0.15, 0.2) is 0 Å². The van der Waals surface area contributed by atoms with Gasteiger partial charge in [0.1, 0.15) is 23.4 Å².